The zero-order valence-electron chi connectivity index (χ0n) is 22.6. The molecule has 0 fully saturated rings. The van der Waals surface area contributed by atoms with Crippen LogP contribution >= 0.6 is 0 Å². The van der Waals surface area contributed by atoms with Crippen molar-refractivity contribution in [3.05, 3.63) is 89.7 Å². The first kappa shape index (κ1) is 29.6. The summed E-state index contributed by atoms with van der Waals surface area (Å²) in [5.74, 6) is -0.892. The first-order valence-electron chi connectivity index (χ1n) is 12.7. The number of carbonyl (C=O) groups is 2. The predicted molar refractivity (Wildman–Crippen MR) is 148 cm³/mol. The van der Waals surface area contributed by atoms with Gasteiger partial charge >= 0.3 is 0 Å². The minimum Gasteiger partial charge on any atom is -0.497 e. The number of likely N-dealkylation sites (N-methyl/N-ethyl adjacent to an activating group) is 1. The molecular formula is C29H34FN3O5S. The maximum Gasteiger partial charge on any atom is 0.264 e. The van der Waals surface area contributed by atoms with Gasteiger partial charge in [-0.1, -0.05) is 36.8 Å². The molecule has 39 heavy (non-hydrogen) atoms. The summed E-state index contributed by atoms with van der Waals surface area (Å²) in [6.45, 7) is 5.31. The second-order valence-electron chi connectivity index (χ2n) is 8.99. The number of nitrogens with one attached hydrogen (secondary N) is 1. The van der Waals surface area contributed by atoms with Crippen LogP contribution in [0.4, 0.5) is 10.1 Å². The number of benzene rings is 3. The number of methoxy groups -OCH3 is 1. The van der Waals surface area contributed by atoms with Gasteiger partial charge in [-0.05, 0) is 74.4 Å². The number of amides is 2. The maximum atomic E-state index is 13.9. The van der Waals surface area contributed by atoms with Crippen molar-refractivity contribution in [2.45, 2.75) is 44.7 Å². The predicted octanol–water partition coefficient (Wildman–Crippen LogP) is 4.28. The summed E-state index contributed by atoms with van der Waals surface area (Å²) in [5, 5.41) is 2.77. The Hall–Kier alpha value is -3.92. The van der Waals surface area contributed by atoms with Gasteiger partial charge in [-0.15, -0.1) is 0 Å². The molecule has 2 amide bonds. The van der Waals surface area contributed by atoms with E-state index in [1.807, 2.05) is 6.92 Å². The minimum absolute atomic E-state index is 0.0595. The molecule has 10 heteroatoms. The van der Waals surface area contributed by atoms with E-state index in [1.54, 1.807) is 62.4 Å². The van der Waals surface area contributed by atoms with E-state index in [0.717, 1.165) is 34.1 Å². The van der Waals surface area contributed by atoms with E-state index in [2.05, 4.69) is 5.32 Å². The van der Waals surface area contributed by atoms with Crippen LogP contribution in [0.3, 0.4) is 0 Å². The third-order valence-electron chi connectivity index (χ3n) is 6.23. The molecule has 0 heterocycles. The first-order valence-corrected chi connectivity index (χ1v) is 14.1. The minimum atomic E-state index is -4.26. The Kier molecular flexibility index (Phi) is 10.1. The summed E-state index contributed by atoms with van der Waals surface area (Å²) in [6.07, 6.45) is 0.316. The molecule has 3 aromatic carbocycles. The van der Waals surface area contributed by atoms with Gasteiger partial charge in [0.25, 0.3) is 10.0 Å². The first-order chi connectivity index (χ1) is 18.6. The van der Waals surface area contributed by atoms with Crippen LogP contribution in [0, 0.1) is 12.7 Å². The number of aryl methyl sites for hydroxylation is 1. The largest absolute Gasteiger partial charge is 0.497 e. The van der Waals surface area contributed by atoms with Crippen LogP contribution < -0.4 is 14.4 Å². The topological polar surface area (TPSA) is 96.0 Å². The summed E-state index contributed by atoms with van der Waals surface area (Å²) >= 11 is 0. The highest BCUT2D eigenvalue weighted by molar-refractivity contribution is 7.92. The Labute approximate surface area is 229 Å². The molecule has 0 aliphatic heterocycles. The number of carbonyl (C=O) groups excluding carboxylic acids is 2. The van der Waals surface area contributed by atoms with Crippen molar-refractivity contribution in [3.8, 4) is 5.75 Å². The van der Waals surface area contributed by atoms with Gasteiger partial charge in [0.15, 0.2) is 0 Å². The zero-order chi connectivity index (χ0) is 28.6. The van der Waals surface area contributed by atoms with Crippen molar-refractivity contribution < 1.29 is 27.1 Å². The number of rotatable bonds is 12. The van der Waals surface area contributed by atoms with Crippen LogP contribution in [0.2, 0.25) is 0 Å². The fourth-order valence-electron chi connectivity index (χ4n) is 4.15. The summed E-state index contributed by atoms with van der Waals surface area (Å²) in [7, 11) is -2.73. The van der Waals surface area contributed by atoms with E-state index in [-0.39, 0.29) is 23.0 Å². The van der Waals surface area contributed by atoms with Gasteiger partial charge in [0.1, 0.15) is 24.2 Å². The zero-order valence-corrected chi connectivity index (χ0v) is 23.4. The summed E-state index contributed by atoms with van der Waals surface area (Å²) in [5.41, 5.74) is 1.89. The Morgan fingerprint density at radius 1 is 1.00 bits per heavy atom. The number of anilines is 1. The van der Waals surface area contributed by atoms with Gasteiger partial charge < -0.3 is 15.0 Å². The molecule has 0 saturated heterocycles. The molecule has 208 valence electrons. The van der Waals surface area contributed by atoms with Crippen molar-refractivity contribution in [1.82, 2.24) is 10.2 Å². The van der Waals surface area contributed by atoms with E-state index in [0.29, 0.717) is 24.3 Å². The Morgan fingerprint density at radius 2 is 1.67 bits per heavy atom. The van der Waals surface area contributed by atoms with Crippen LogP contribution in [0.1, 0.15) is 31.4 Å². The van der Waals surface area contributed by atoms with Crippen molar-refractivity contribution in [1.29, 1.82) is 0 Å². The number of halogens is 1. The molecule has 0 aromatic heterocycles. The highest BCUT2D eigenvalue weighted by Gasteiger charge is 2.33. The molecule has 8 nitrogen and oxygen atoms in total. The average Bonchev–Trinajstić information content (AvgIpc) is 2.92. The van der Waals surface area contributed by atoms with Gasteiger partial charge in [0.2, 0.25) is 11.8 Å². The fraction of sp³-hybridized carbons (Fsp3) is 0.310. The second-order valence-corrected chi connectivity index (χ2v) is 10.9. The van der Waals surface area contributed by atoms with Gasteiger partial charge in [-0.25, -0.2) is 12.8 Å². The molecule has 1 N–H and O–H groups in total. The molecule has 3 rings (SSSR count). The number of sulfonamides is 1. The molecule has 0 saturated carbocycles. The molecule has 1 unspecified atom stereocenters. The van der Waals surface area contributed by atoms with Crippen LogP contribution in [0.15, 0.2) is 77.7 Å². The SMILES string of the molecule is CCNC(=O)C(CC)N(Cc1cccc(OC)c1)C(=O)CN(c1ccc(C)cc1)S(=O)(=O)c1ccc(F)cc1. The Bertz CT molecular complexity index is 1380. The number of hydrogen-bond donors (Lipinski definition) is 1. The van der Waals surface area contributed by atoms with Crippen molar-refractivity contribution >= 4 is 27.5 Å². The lowest BCUT2D eigenvalue weighted by molar-refractivity contribution is -0.140. The number of ether oxygens (including phenoxy) is 1. The normalized spacial score (nSPS) is 11.9. The molecule has 0 radical (unpaired) electrons. The Morgan fingerprint density at radius 3 is 2.26 bits per heavy atom. The molecule has 0 bridgehead atoms. The van der Waals surface area contributed by atoms with Crippen molar-refractivity contribution in [3.63, 3.8) is 0 Å². The van der Waals surface area contributed by atoms with E-state index >= 15 is 0 Å². The third-order valence-corrected chi connectivity index (χ3v) is 8.01. The van der Waals surface area contributed by atoms with Crippen LogP contribution in [-0.4, -0.2) is 51.4 Å². The molecule has 3 aromatic rings. The van der Waals surface area contributed by atoms with E-state index in [9.17, 15) is 22.4 Å². The quantitative estimate of drug-likeness (QED) is 0.360. The number of nitrogens with zero attached hydrogens (tertiary/aromatic N) is 2. The lowest BCUT2D eigenvalue weighted by Gasteiger charge is -2.33. The second kappa shape index (κ2) is 13.2. The fourth-order valence-corrected chi connectivity index (χ4v) is 5.57. The van der Waals surface area contributed by atoms with Crippen LogP contribution in [-0.2, 0) is 26.2 Å². The third kappa shape index (κ3) is 7.35. The van der Waals surface area contributed by atoms with Crippen LogP contribution in [0.5, 0.6) is 5.75 Å². The smallest absolute Gasteiger partial charge is 0.264 e. The monoisotopic (exact) mass is 555 g/mol. The number of hydrogen-bond acceptors (Lipinski definition) is 5. The van der Waals surface area contributed by atoms with Gasteiger partial charge in [0.05, 0.1) is 17.7 Å². The molecule has 0 spiro atoms. The highest BCUT2D eigenvalue weighted by atomic mass is 32.2. The lowest BCUT2D eigenvalue weighted by atomic mass is 10.1. The van der Waals surface area contributed by atoms with Gasteiger partial charge in [-0.2, -0.15) is 0 Å². The van der Waals surface area contributed by atoms with Crippen molar-refractivity contribution in [2.24, 2.45) is 0 Å². The summed E-state index contributed by atoms with van der Waals surface area (Å²) in [4.78, 5) is 28.2. The van der Waals surface area contributed by atoms with Gasteiger partial charge in [-0.3, -0.25) is 13.9 Å². The summed E-state index contributed by atoms with van der Waals surface area (Å²) in [6, 6.07) is 17.4. The van der Waals surface area contributed by atoms with Crippen molar-refractivity contribution in [2.75, 3.05) is 24.5 Å². The van der Waals surface area contributed by atoms with E-state index in [1.165, 1.54) is 12.0 Å². The molecule has 0 aliphatic carbocycles. The van der Waals surface area contributed by atoms with E-state index in [4.69, 9.17) is 4.74 Å². The van der Waals surface area contributed by atoms with Crippen LogP contribution in [0.25, 0.3) is 0 Å². The van der Waals surface area contributed by atoms with E-state index < -0.39 is 34.3 Å². The Balaban J connectivity index is 2.06. The maximum absolute atomic E-state index is 13.9. The van der Waals surface area contributed by atoms with Gasteiger partial charge in [0, 0.05) is 13.1 Å². The standard InChI is InChI=1S/C29H34FN3O5S/c1-5-27(29(35)31-6-2)32(19-22-8-7-9-25(18-22)38-4)28(34)20-33(24-14-10-21(3)11-15-24)39(36,37)26-16-12-23(30)13-17-26/h7-18,27H,5-6,19-20H2,1-4H3,(H,31,35). The molecule has 1 atom stereocenters. The molecular weight excluding hydrogens is 521 g/mol. The summed E-state index contributed by atoms with van der Waals surface area (Å²) < 4.78 is 47.4. The lowest BCUT2D eigenvalue weighted by Crippen LogP contribution is -2.52. The average molecular weight is 556 g/mol. The molecule has 0 aliphatic rings. The highest BCUT2D eigenvalue weighted by Crippen LogP contribution is 2.26.